The van der Waals surface area contributed by atoms with E-state index in [4.69, 9.17) is 10.5 Å². The largest absolute Gasteiger partial charge is 0.507 e. The van der Waals surface area contributed by atoms with Crippen molar-refractivity contribution in [2.24, 2.45) is 5.73 Å². The van der Waals surface area contributed by atoms with E-state index in [1.807, 2.05) is 13.8 Å². The summed E-state index contributed by atoms with van der Waals surface area (Å²) in [6.07, 6.45) is 0.513. The first-order chi connectivity index (χ1) is 16.7. The number of nitrogens with zero attached hydrogens (tertiary/aromatic N) is 1. The van der Waals surface area contributed by atoms with Crippen LogP contribution in [0.15, 0.2) is 18.2 Å². The number of likely N-dealkylation sites (N-methyl/N-ethyl adjacent to an activating group) is 1. The van der Waals surface area contributed by atoms with E-state index in [1.165, 1.54) is 4.90 Å². The standard InChI is InChI=1S/C26H42N4O6/c1-8-11-17(4)28-23(33)21(18-13-10-12-16(3)22(18)32)30(9-2)24(34)19(14-15-20(27)31)29-25(35)36-26(5,6)7/h10,12-13,17,19,21,32H,8-9,11,14-15H2,1-7H3,(H2,27,31)(H,28,33)(H,29,35). The molecule has 0 bridgehead atoms. The number of carbonyl (C=O) groups is 4. The number of carbonyl (C=O) groups excluding carboxylic acids is 4. The van der Waals surface area contributed by atoms with E-state index in [0.29, 0.717) is 5.56 Å². The molecule has 10 heteroatoms. The third kappa shape index (κ3) is 9.39. The van der Waals surface area contributed by atoms with E-state index in [1.54, 1.807) is 52.8 Å². The maximum atomic E-state index is 13.8. The van der Waals surface area contributed by atoms with Gasteiger partial charge in [0.25, 0.3) is 0 Å². The summed E-state index contributed by atoms with van der Waals surface area (Å²) < 4.78 is 5.29. The Morgan fingerprint density at radius 2 is 1.75 bits per heavy atom. The molecule has 5 N–H and O–H groups in total. The third-order valence-electron chi connectivity index (χ3n) is 5.53. The number of nitrogens with two attached hydrogens (primary N) is 1. The molecule has 1 rings (SSSR count). The van der Waals surface area contributed by atoms with Crippen LogP contribution in [0.25, 0.3) is 0 Å². The van der Waals surface area contributed by atoms with Gasteiger partial charge in [0, 0.05) is 24.6 Å². The number of aryl methyl sites for hydroxylation is 1. The van der Waals surface area contributed by atoms with E-state index in [-0.39, 0.29) is 36.7 Å². The number of phenols is 1. The van der Waals surface area contributed by atoms with Crippen LogP contribution in [0.2, 0.25) is 0 Å². The van der Waals surface area contributed by atoms with Crippen LogP contribution in [0.5, 0.6) is 5.75 Å². The summed E-state index contributed by atoms with van der Waals surface area (Å²) in [6, 6.07) is 2.48. The van der Waals surface area contributed by atoms with Gasteiger partial charge >= 0.3 is 6.09 Å². The highest BCUT2D eigenvalue weighted by Gasteiger charge is 2.37. The maximum absolute atomic E-state index is 13.8. The van der Waals surface area contributed by atoms with Gasteiger partial charge in [-0.2, -0.15) is 0 Å². The summed E-state index contributed by atoms with van der Waals surface area (Å²) in [6.45, 7) is 12.4. The number of primary amides is 1. The lowest BCUT2D eigenvalue weighted by atomic mass is 9.98. The zero-order valence-electron chi connectivity index (χ0n) is 22.5. The number of phenolic OH excluding ortho intramolecular Hbond substituents is 1. The minimum Gasteiger partial charge on any atom is -0.507 e. The Morgan fingerprint density at radius 1 is 1.11 bits per heavy atom. The molecule has 1 aromatic carbocycles. The second-order valence-corrected chi connectivity index (χ2v) is 9.94. The zero-order valence-corrected chi connectivity index (χ0v) is 22.5. The molecule has 0 heterocycles. The minimum absolute atomic E-state index is 0.0791. The number of aromatic hydroxyl groups is 1. The van der Waals surface area contributed by atoms with Gasteiger partial charge in [0.2, 0.25) is 17.7 Å². The summed E-state index contributed by atoms with van der Waals surface area (Å²) >= 11 is 0. The fourth-order valence-corrected chi connectivity index (χ4v) is 3.84. The highest BCUT2D eigenvalue weighted by Crippen LogP contribution is 2.32. The molecular formula is C26H42N4O6. The predicted octanol–water partition coefficient (Wildman–Crippen LogP) is 3.05. The van der Waals surface area contributed by atoms with Crippen molar-refractivity contribution in [3.8, 4) is 5.75 Å². The van der Waals surface area contributed by atoms with E-state index < -0.39 is 41.5 Å². The molecule has 0 spiro atoms. The number of hydrogen-bond acceptors (Lipinski definition) is 6. The minimum atomic E-state index is -1.18. The van der Waals surface area contributed by atoms with Crippen LogP contribution >= 0.6 is 0 Å². The number of benzene rings is 1. The molecule has 0 fully saturated rings. The Labute approximate surface area is 213 Å². The average Bonchev–Trinajstić information content (AvgIpc) is 2.75. The Bertz CT molecular complexity index is 927. The van der Waals surface area contributed by atoms with Gasteiger partial charge < -0.3 is 31.1 Å². The van der Waals surface area contributed by atoms with Crippen LogP contribution in [0.4, 0.5) is 4.79 Å². The van der Waals surface area contributed by atoms with Crippen molar-refractivity contribution in [1.29, 1.82) is 0 Å². The van der Waals surface area contributed by atoms with Gasteiger partial charge in [-0.3, -0.25) is 14.4 Å². The number of para-hydroxylation sites is 1. The number of ether oxygens (including phenoxy) is 1. The lowest BCUT2D eigenvalue weighted by Crippen LogP contribution is -2.53. The number of amides is 4. The van der Waals surface area contributed by atoms with Gasteiger partial charge in [-0.25, -0.2) is 4.79 Å². The van der Waals surface area contributed by atoms with Crippen LogP contribution in [-0.2, 0) is 19.1 Å². The van der Waals surface area contributed by atoms with Crippen molar-refractivity contribution >= 4 is 23.8 Å². The average molecular weight is 507 g/mol. The summed E-state index contributed by atoms with van der Waals surface area (Å²) in [5.74, 6) is -1.80. The number of rotatable bonds is 12. The smallest absolute Gasteiger partial charge is 0.408 e. The quantitative estimate of drug-likeness (QED) is 0.342. The third-order valence-corrected chi connectivity index (χ3v) is 5.53. The van der Waals surface area contributed by atoms with E-state index in [2.05, 4.69) is 10.6 Å². The molecule has 0 aliphatic heterocycles. The number of nitrogens with one attached hydrogen (secondary N) is 2. The van der Waals surface area contributed by atoms with Crippen molar-refractivity contribution in [1.82, 2.24) is 15.5 Å². The summed E-state index contributed by atoms with van der Waals surface area (Å²) in [5, 5.41) is 16.2. The van der Waals surface area contributed by atoms with Gasteiger partial charge in [-0.1, -0.05) is 31.5 Å². The summed E-state index contributed by atoms with van der Waals surface area (Å²) in [7, 11) is 0. The molecule has 0 aliphatic carbocycles. The lowest BCUT2D eigenvalue weighted by molar-refractivity contribution is -0.142. The molecule has 4 amide bonds. The van der Waals surface area contributed by atoms with E-state index in [0.717, 1.165) is 12.8 Å². The number of hydrogen-bond donors (Lipinski definition) is 4. The van der Waals surface area contributed by atoms with Gasteiger partial charge in [-0.15, -0.1) is 0 Å². The van der Waals surface area contributed by atoms with Crippen LogP contribution in [0, 0.1) is 6.92 Å². The molecule has 0 saturated heterocycles. The first-order valence-electron chi connectivity index (χ1n) is 12.4. The van der Waals surface area contributed by atoms with Crippen molar-refractivity contribution < 1.29 is 29.0 Å². The molecule has 3 atom stereocenters. The fraction of sp³-hybridized carbons (Fsp3) is 0.615. The molecule has 202 valence electrons. The monoisotopic (exact) mass is 506 g/mol. The van der Waals surface area contributed by atoms with Gasteiger partial charge in [0.15, 0.2) is 0 Å². The lowest BCUT2D eigenvalue weighted by Gasteiger charge is -2.34. The molecular weight excluding hydrogens is 464 g/mol. The predicted molar refractivity (Wildman–Crippen MR) is 137 cm³/mol. The number of alkyl carbamates (subject to hydrolysis) is 1. The highest BCUT2D eigenvalue weighted by molar-refractivity contribution is 5.93. The highest BCUT2D eigenvalue weighted by atomic mass is 16.6. The molecule has 0 saturated carbocycles. The van der Waals surface area contributed by atoms with Crippen molar-refractivity contribution in [2.75, 3.05) is 6.54 Å². The van der Waals surface area contributed by atoms with Crippen LogP contribution in [0.1, 0.15) is 84.4 Å². The molecule has 36 heavy (non-hydrogen) atoms. The molecule has 0 aliphatic rings. The van der Waals surface area contributed by atoms with Crippen molar-refractivity contribution in [3.63, 3.8) is 0 Å². The van der Waals surface area contributed by atoms with Crippen LogP contribution in [-0.4, -0.2) is 58.1 Å². The SMILES string of the molecule is CCCC(C)NC(=O)C(c1cccc(C)c1O)N(CC)C(=O)C(CCC(N)=O)NC(=O)OC(C)(C)C. The second kappa shape index (κ2) is 13.7. The normalized spacial score (nSPS) is 13.8. The van der Waals surface area contributed by atoms with Crippen LogP contribution < -0.4 is 16.4 Å². The zero-order chi connectivity index (χ0) is 27.6. The summed E-state index contributed by atoms with van der Waals surface area (Å²) in [4.78, 5) is 52.5. The van der Waals surface area contributed by atoms with Crippen molar-refractivity contribution in [2.45, 2.75) is 97.9 Å². The molecule has 10 nitrogen and oxygen atoms in total. The Kier molecular flexibility index (Phi) is 11.7. The fourth-order valence-electron chi connectivity index (χ4n) is 3.84. The molecule has 0 radical (unpaired) electrons. The first-order valence-corrected chi connectivity index (χ1v) is 12.4. The van der Waals surface area contributed by atoms with Gasteiger partial charge in [0.05, 0.1) is 0 Å². The second-order valence-electron chi connectivity index (χ2n) is 9.94. The molecule has 0 aromatic heterocycles. The van der Waals surface area contributed by atoms with E-state index >= 15 is 0 Å². The summed E-state index contributed by atoms with van der Waals surface area (Å²) in [5.41, 5.74) is 5.30. The van der Waals surface area contributed by atoms with Crippen molar-refractivity contribution in [3.05, 3.63) is 29.3 Å². The maximum Gasteiger partial charge on any atom is 0.408 e. The first kappa shape index (κ1) is 30.7. The van der Waals surface area contributed by atoms with Gasteiger partial charge in [0.1, 0.15) is 23.4 Å². The van der Waals surface area contributed by atoms with Crippen LogP contribution in [0.3, 0.4) is 0 Å². The van der Waals surface area contributed by atoms with Gasteiger partial charge in [-0.05, 0) is 59.9 Å². The molecule has 1 aromatic rings. The Morgan fingerprint density at radius 3 is 2.28 bits per heavy atom. The topological polar surface area (TPSA) is 151 Å². The Balaban J connectivity index is 3.45. The van der Waals surface area contributed by atoms with E-state index in [9.17, 15) is 24.3 Å². The molecule has 3 unspecified atom stereocenters. The Hall–Kier alpha value is -3.30.